The van der Waals surface area contributed by atoms with Crippen molar-refractivity contribution in [3.63, 3.8) is 0 Å². The molecule has 35 heavy (non-hydrogen) atoms. The molecule has 4 nitrogen and oxygen atoms in total. The maximum atomic E-state index is 14.0. The van der Waals surface area contributed by atoms with Crippen LogP contribution in [0.1, 0.15) is 68.9 Å². The molecule has 2 aromatic carbocycles. The number of alkyl halides is 6. The van der Waals surface area contributed by atoms with Crippen molar-refractivity contribution in [1.29, 1.82) is 0 Å². The van der Waals surface area contributed by atoms with Gasteiger partial charge in [-0.1, -0.05) is 32.0 Å². The minimum Gasteiger partial charge on any atom is -0.340 e. The number of halogens is 6. The second-order valence-electron chi connectivity index (χ2n) is 10.4. The molecule has 10 heteroatoms. The molecule has 2 heterocycles. The first kappa shape index (κ1) is 23.8. The van der Waals surface area contributed by atoms with Gasteiger partial charge in [0.1, 0.15) is 17.4 Å². The summed E-state index contributed by atoms with van der Waals surface area (Å²) in [6.45, 7) is 4.41. The molecule has 1 aromatic heterocycles. The van der Waals surface area contributed by atoms with Gasteiger partial charge in [-0.3, -0.25) is 0 Å². The Morgan fingerprint density at radius 2 is 1.54 bits per heavy atom. The van der Waals surface area contributed by atoms with Gasteiger partial charge in [-0.05, 0) is 60.4 Å². The van der Waals surface area contributed by atoms with Crippen molar-refractivity contribution in [2.45, 2.75) is 69.9 Å². The summed E-state index contributed by atoms with van der Waals surface area (Å²) in [7, 11) is 0. The van der Waals surface area contributed by atoms with E-state index in [-0.39, 0.29) is 38.9 Å². The summed E-state index contributed by atoms with van der Waals surface area (Å²) in [6, 6.07) is 6.10. The highest BCUT2D eigenvalue weighted by Gasteiger charge is 2.45. The molecule has 1 aliphatic carbocycles. The van der Waals surface area contributed by atoms with Crippen molar-refractivity contribution in [3.8, 4) is 11.1 Å². The van der Waals surface area contributed by atoms with Crippen molar-refractivity contribution in [3.05, 3.63) is 53.3 Å². The van der Waals surface area contributed by atoms with Gasteiger partial charge in [0.05, 0.1) is 22.2 Å². The van der Waals surface area contributed by atoms with E-state index in [2.05, 4.69) is 34.0 Å². The maximum absolute atomic E-state index is 14.0. The lowest BCUT2D eigenvalue weighted by Crippen LogP contribution is -2.34. The van der Waals surface area contributed by atoms with Crippen LogP contribution in [0.3, 0.4) is 0 Å². The lowest BCUT2D eigenvalue weighted by molar-refractivity contribution is -0.137. The highest BCUT2D eigenvalue weighted by Crippen LogP contribution is 2.50. The van der Waals surface area contributed by atoms with Crippen LogP contribution in [0.25, 0.3) is 22.2 Å². The molecule has 186 valence electrons. The summed E-state index contributed by atoms with van der Waals surface area (Å²) in [4.78, 5) is 7.13. The fourth-order valence-electron chi connectivity index (χ4n) is 5.13. The SMILES string of the molecule is CC1(C)CCC2(CC1)CC(c1nc3c(C(F)(F)F)cc(-c4ccccc4C(F)(F)F)cc3[nH]1)N=N2. The fourth-order valence-corrected chi connectivity index (χ4v) is 5.13. The van der Waals surface area contributed by atoms with Crippen LogP contribution < -0.4 is 0 Å². The van der Waals surface area contributed by atoms with Gasteiger partial charge in [0, 0.05) is 6.42 Å². The topological polar surface area (TPSA) is 53.4 Å². The number of imidazole rings is 1. The first-order chi connectivity index (χ1) is 16.3. The number of benzene rings is 2. The molecule has 1 unspecified atom stereocenters. The van der Waals surface area contributed by atoms with Crippen molar-refractivity contribution in [1.82, 2.24) is 9.97 Å². The van der Waals surface area contributed by atoms with E-state index >= 15 is 0 Å². The highest BCUT2D eigenvalue weighted by atomic mass is 19.4. The number of hydrogen-bond acceptors (Lipinski definition) is 3. The van der Waals surface area contributed by atoms with Gasteiger partial charge in [0.15, 0.2) is 0 Å². The number of fused-ring (bicyclic) bond motifs is 1. The quantitative estimate of drug-likeness (QED) is 0.357. The van der Waals surface area contributed by atoms with Crippen LogP contribution in [-0.2, 0) is 12.4 Å². The van der Waals surface area contributed by atoms with E-state index in [1.807, 2.05) is 0 Å². The Morgan fingerprint density at radius 3 is 2.20 bits per heavy atom. The lowest BCUT2D eigenvalue weighted by Gasteiger charge is -2.38. The average molecular weight is 494 g/mol. The summed E-state index contributed by atoms with van der Waals surface area (Å²) >= 11 is 0. The molecule has 0 amide bonds. The number of aromatic nitrogens is 2. The standard InChI is InChI=1S/C25H24F6N4/c1-22(2)7-9-23(10-8-22)13-19(34-35-23)21-32-18-12-14(11-17(20(18)33-21)25(29,30)31)15-5-3-4-6-16(15)24(26,27)28/h3-6,11-12,19H,7-10,13H2,1-2H3,(H,32,33). The molecule has 1 atom stereocenters. The highest BCUT2D eigenvalue weighted by molar-refractivity contribution is 5.86. The van der Waals surface area contributed by atoms with Gasteiger partial charge in [0.25, 0.3) is 0 Å². The third kappa shape index (κ3) is 4.43. The zero-order chi connectivity index (χ0) is 25.2. The summed E-state index contributed by atoms with van der Waals surface area (Å²) in [5.41, 5.74) is -3.03. The van der Waals surface area contributed by atoms with Gasteiger partial charge in [-0.15, -0.1) is 0 Å². The third-order valence-corrected chi connectivity index (χ3v) is 7.29. The Labute approximate surface area is 197 Å². The molecule has 0 radical (unpaired) electrons. The van der Waals surface area contributed by atoms with Crippen molar-refractivity contribution < 1.29 is 26.3 Å². The van der Waals surface area contributed by atoms with Gasteiger partial charge in [-0.2, -0.15) is 36.6 Å². The molecular formula is C25H24F6N4. The molecule has 1 saturated carbocycles. The van der Waals surface area contributed by atoms with E-state index in [1.165, 1.54) is 24.3 Å². The second kappa shape index (κ2) is 7.80. The molecular weight excluding hydrogens is 470 g/mol. The first-order valence-electron chi connectivity index (χ1n) is 11.5. The molecule has 2 aliphatic rings. The van der Waals surface area contributed by atoms with Crippen LogP contribution in [0.15, 0.2) is 46.6 Å². The van der Waals surface area contributed by atoms with E-state index in [1.54, 1.807) is 0 Å². The monoisotopic (exact) mass is 494 g/mol. The molecule has 1 N–H and O–H groups in total. The number of rotatable bonds is 2. The Bertz CT molecular complexity index is 1290. The Hall–Kier alpha value is -2.91. The average Bonchev–Trinajstić information content (AvgIpc) is 3.39. The number of nitrogens with one attached hydrogen (secondary N) is 1. The molecule has 1 fully saturated rings. The Morgan fingerprint density at radius 1 is 0.886 bits per heavy atom. The summed E-state index contributed by atoms with van der Waals surface area (Å²) in [5.74, 6) is 0.247. The summed E-state index contributed by atoms with van der Waals surface area (Å²) < 4.78 is 82.6. The van der Waals surface area contributed by atoms with E-state index in [0.717, 1.165) is 37.8 Å². The number of nitrogens with zero attached hydrogens (tertiary/aromatic N) is 3. The summed E-state index contributed by atoms with van der Waals surface area (Å²) in [5, 5.41) is 8.86. The van der Waals surface area contributed by atoms with Gasteiger partial charge >= 0.3 is 12.4 Å². The predicted molar refractivity (Wildman–Crippen MR) is 119 cm³/mol. The summed E-state index contributed by atoms with van der Waals surface area (Å²) in [6.07, 6.45) is -5.29. The largest absolute Gasteiger partial charge is 0.418 e. The molecule has 1 aliphatic heterocycles. The smallest absolute Gasteiger partial charge is 0.340 e. The molecule has 5 rings (SSSR count). The number of aromatic amines is 1. The second-order valence-corrected chi connectivity index (χ2v) is 10.4. The zero-order valence-corrected chi connectivity index (χ0v) is 19.2. The Kier molecular flexibility index (Phi) is 5.30. The first-order valence-corrected chi connectivity index (χ1v) is 11.5. The van der Waals surface area contributed by atoms with Gasteiger partial charge in [0.2, 0.25) is 0 Å². The zero-order valence-electron chi connectivity index (χ0n) is 19.2. The van der Waals surface area contributed by atoms with Crippen molar-refractivity contribution in [2.75, 3.05) is 0 Å². The van der Waals surface area contributed by atoms with E-state index in [4.69, 9.17) is 0 Å². The molecule has 3 aromatic rings. The van der Waals surface area contributed by atoms with E-state index in [0.29, 0.717) is 6.42 Å². The van der Waals surface area contributed by atoms with Crippen molar-refractivity contribution >= 4 is 11.0 Å². The van der Waals surface area contributed by atoms with Crippen LogP contribution in [-0.4, -0.2) is 15.5 Å². The molecule has 0 saturated heterocycles. The third-order valence-electron chi connectivity index (χ3n) is 7.29. The van der Waals surface area contributed by atoms with Crippen LogP contribution in [0.5, 0.6) is 0 Å². The van der Waals surface area contributed by atoms with Crippen LogP contribution in [0.2, 0.25) is 0 Å². The Balaban J connectivity index is 1.56. The van der Waals surface area contributed by atoms with Crippen molar-refractivity contribution in [2.24, 2.45) is 15.6 Å². The van der Waals surface area contributed by atoms with Crippen LogP contribution in [0, 0.1) is 5.41 Å². The normalized spacial score (nSPS) is 21.8. The van der Waals surface area contributed by atoms with E-state index in [9.17, 15) is 26.3 Å². The van der Waals surface area contributed by atoms with E-state index < -0.39 is 29.5 Å². The van der Waals surface area contributed by atoms with Crippen LogP contribution in [0.4, 0.5) is 26.3 Å². The minimum atomic E-state index is -4.80. The number of H-pyrrole nitrogens is 1. The number of azo groups is 1. The minimum absolute atomic E-state index is 0.0164. The molecule has 1 spiro atoms. The maximum Gasteiger partial charge on any atom is 0.418 e. The van der Waals surface area contributed by atoms with Crippen LogP contribution >= 0.6 is 0 Å². The fraction of sp³-hybridized carbons (Fsp3) is 0.480. The lowest BCUT2D eigenvalue weighted by atomic mass is 9.68. The van der Waals surface area contributed by atoms with Gasteiger partial charge < -0.3 is 4.98 Å². The predicted octanol–water partition coefficient (Wildman–Crippen LogP) is 8.50. The van der Waals surface area contributed by atoms with Gasteiger partial charge in [-0.25, -0.2) is 4.98 Å². The number of hydrogen-bond donors (Lipinski definition) is 1. The molecule has 0 bridgehead atoms.